The first kappa shape index (κ1) is 9.02. The summed E-state index contributed by atoms with van der Waals surface area (Å²) in [5, 5.41) is 0. The molecule has 4 heteroatoms. The molecule has 0 N–H and O–H groups in total. The van der Waals surface area contributed by atoms with Gasteiger partial charge in [0, 0.05) is 6.51 Å². The zero-order chi connectivity index (χ0) is 7.11. The van der Waals surface area contributed by atoms with E-state index in [2.05, 4.69) is 0 Å². The van der Waals surface area contributed by atoms with Crippen LogP contribution in [0.1, 0.15) is 0 Å². The van der Waals surface area contributed by atoms with E-state index >= 15 is 0 Å². The van der Waals surface area contributed by atoms with Gasteiger partial charge in [0.25, 0.3) is 0 Å². The average molecular weight is 128 g/mol. The quantitative estimate of drug-likeness (QED) is 0.496. The van der Waals surface area contributed by atoms with E-state index in [0.29, 0.717) is 6.51 Å². The Bertz CT molecular complexity index is 58.9. The molecule has 0 aliphatic carbocycles. The summed E-state index contributed by atoms with van der Waals surface area (Å²) in [5.41, 5.74) is 0. The van der Waals surface area contributed by atoms with Gasteiger partial charge in [-0.25, -0.2) is 4.39 Å². The van der Waals surface area contributed by atoms with E-state index in [-0.39, 0.29) is 6.00 Å². The maximum absolute atomic E-state index is 11.8. The first-order valence-corrected chi connectivity index (χ1v) is 3.10. The lowest BCUT2D eigenvalue weighted by atomic mass is 9.74. The zero-order valence-corrected chi connectivity index (χ0v) is 5.93. The smallest absolute Gasteiger partial charge is 0.149 e. The van der Waals surface area contributed by atoms with Crippen LogP contribution in [0.5, 0.6) is 0 Å². The van der Waals surface area contributed by atoms with Gasteiger partial charge in [0.15, 0.2) is 0 Å². The highest BCUT2D eigenvalue weighted by Crippen LogP contribution is 1.89. The third-order valence-corrected chi connectivity index (χ3v) is 1.00. The maximum Gasteiger partial charge on any atom is 0.149 e. The molecule has 50 valence electrons. The minimum absolute atomic E-state index is 0.318. The standard InChI is InChI=1S/C5H11B2FO/c1-6-4-9-5(3-8)7-2/h5H,3-4H2,1-2H3/t5-/m1/s1. The van der Waals surface area contributed by atoms with E-state index in [9.17, 15) is 4.39 Å². The summed E-state index contributed by atoms with van der Waals surface area (Å²) in [6.45, 7) is 3.77. The summed E-state index contributed by atoms with van der Waals surface area (Å²) < 4.78 is 16.8. The fraction of sp³-hybridized carbons (Fsp3) is 1.00. The third kappa shape index (κ3) is 4.52. The largest absolute Gasteiger partial charge is 0.393 e. The number of rotatable bonds is 5. The van der Waals surface area contributed by atoms with Crippen LogP contribution in [0.15, 0.2) is 0 Å². The van der Waals surface area contributed by atoms with Crippen molar-refractivity contribution in [3.63, 3.8) is 0 Å². The maximum atomic E-state index is 11.8. The average Bonchev–Trinajstić information content (AvgIpc) is 1.91. The Hall–Kier alpha value is 0.0199. The minimum atomic E-state index is -0.426. The Balaban J connectivity index is 3.09. The molecule has 0 saturated heterocycles. The molecule has 0 aromatic heterocycles. The molecule has 0 aliphatic heterocycles. The highest BCUT2D eigenvalue weighted by molar-refractivity contribution is 6.36. The fourth-order valence-corrected chi connectivity index (χ4v) is 0.450. The van der Waals surface area contributed by atoms with Crippen LogP contribution in [0.4, 0.5) is 4.39 Å². The first-order chi connectivity index (χ1) is 4.35. The highest BCUT2D eigenvalue weighted by atomic mass is 19.1. The molecular weight excluding hydrogens is 117 g/mol. The third-order valence-electron chi connectivity index (χ3n) is 1.00. The van der Waals surface area contributed by atoms with E-state index in [4.69, 9.17) is 4.74 Å². The van der Waals surface area contributed by atoms with Crippen LogP contribution in [0.3, 0.4) is 0 Å². The summed E-state index contributed by atoms with van der Waals surface area (Å²) >= 11 is 0. The van der Waals surface area contributed by atoms with E-state index in [1.54, 1.807) is 14.1 Å². The van der Waals surface area contributed by atoms with Crippen LogP contribution in [0, 0.1) is 0 Å². The van der Waals surface area contributed by atoms with Gasteiger partial charge in [0.1, 0.15) is 21.2 Å². The van der Waals surface area contributed by atoms with Gasteiger partial charge in [-0.3, -0.25) is 0 Å². The van der Waals surface area contributed by atoms with Crippen molar-refractivity contribution in [1.82, 2.24) is 0 Å². The molecule has 0 rings (SSSR count). The van der Waals surface area contributed by atoms with E-state index < -0.39 is 6.67 Å². The molecular formula is C5H11B2FO. The molecule has 0 fully saturated rings. The lowest BCUT2D eigenvalue weighted by molar-refractivity contribution is 0.121. The molecule has 0 aromatic carbocycles. The fourth-order valence-electron chi connectivity index (χ4n) is 0.450. The summed E-state index contributed by atoms with van der Waals surface area (Å²) in [5.74, 6) is 0. The molecule has 2 radical (unpaired) electrons. The van der Waals surface area contributed by atoms with Crippen molar-refractivity contribution in [2.24, 2.45) is 0 Å². The van der Waals surface area contributed by atoms with Crippen molar-refractivity contribution in [2.45, 2.75) is 19.6 Å². The molecule has 1 atom stereocenters. The molecule has 0 aromatic rings. The van der Waals surface area contributed by atoms with Crippen molar-refractivity contribution in [1.29, 1.82) is 0 Å². The Morgan fingerprint density at radius 3 is 2.56 bits per heavy atom. The number of ether oxygens (including phenoxy) is 1. The lowest BCUT2D eigenvalue weighted by Crippen LogP contribution is -2.22. The van der Waals surface area contributed by atoms with Gasteiger partial charge < -0.3 is 4.74 Å². The first-order valence-electron chi connectivity index (χ1n) is 3.10. The monoisotopic (exact) mass is 128 g/mol. The van der Waals surface area contributed by atoms with Gasteiger partial charge in [-0.1, -0.05) is 13.6 Å². The van der Waals surface area contributed by atoms with Gasteiger partial charge in [-0.15, -0.1) is 0 Å². The molecule has 9 heavy (non-hydrogen) atoms. The van der Waals surface area contributed by atoms with Gasteiger partial charge in [0.2, 0.25) is 0 Å². The molecule has 0 aliphatic rings. The molecule has 0 saturated carbocycles. The number of alkyl halides is 1. The summed E-state index contributed by atoms with van der Waals surface area (Å²) in [6.07, 6.45) is 0. The topological polar surface area (TPSA) is 9.23 Å². The number of hydrogen-bond acceptors (Lipinski definition) is 1. The highest BCUT2D eigenvalue weighted by Gasteiger charge is 2.04. The van der Waals surface area contributed by atoms with E-state index in [1.165, 1.54) is 0 Å². The Morgan fingerprint density at radius 2 is 2.22 bits per heavy atom. The van der Waals surface area contributed by atoms with Crippen LogP contribution in [0.2, 0.25) is 13.6 Å². The predicted octanol–water partition coefficient (Wildman–Crippen LogP) is 0.761. The van der Waals surface area contributed by atoms with Crippen molar-refractivity contribution in [3.05, 3.63) is 0 Å². The number of hydrogen-bond donors (Lipinski definition) is 0. The Labute approximate surface area is 57.5 Å². The van der Waals surface area contributed by atoms with Gasteiger partial charge in [0.05, 0.1) is 6.00 Å². The zero-order valence-electron chi connectivity index (χ0n) is 5.93. The van der Waals surface area contributed by atoms with Crippen LogP contribution in [-0.4, -0.2) is 33.7 Å². The summed E-state index contributed by atoms with van der Waals surface area (Å²) in [4.78, 5) is 0. The summed E-state index contributed by atoms with van der Waals surface area (Å²) in [7, 11) is 3.57. The molecule has 0 bridgehead atoms. The Morgan fingerprint density at radius 1 is 1.56 bits per heavy atom. The van der Waals surface area contributed by atoms with E-state index in [0.717, 1.165) is 0 Å². The van der Waals surface area contributed by atoms with Crippen LogP contribution in [0.25, 0.3) is 0 Å². The van der Waals surface area contributed by atoms with Crippen molar-refractivity contribution in [2.75, 3.05) is 13.2 Å². The molecule has 0 spiro atoms. The Kier molecular flexibility index (Phi) is 6.16. The van der Waals surface area contributed by atoms with Gasteiger partial charge in [-0.05, 0) is 0 Å². The SMILES string of the molecule is C[B]CO[C@@H]([B]C)CF. The normalized spacial score (nSPS) is 12.8. The van der Waals surface area contributed by atoms with Crippen molar-refractivity contribution >= 4 is 14.6 Å². The van der Waals surface area contributed by atoms with Crippen molar-refractivity contribution < 1.29 is 9.13 Å². The summed E-state index contributed by atoms with van der Waals surface area (Å²) in [6, 6.07) is -0.318. The second kappa shape index (κ2) is 6.14. The van der Waals surface area contributed by atoms with Crippen molar-refractivity contribution in [3.8, 4) is 0 Å². The van der Waals surface area contributed by atoms with Gasteiger partial charge in [-0.2, -0.15) is 0 Å². The van der Waals surface area contributed by atoms with Crippen LogP contribution in [-0.2, 0) is 4.74 Å². The molecule has 1 nitrogen and oxygen atoms in total. The predicted molar refractivity (Wildman–Crippen MR) is 39.0 cm³/mol. The van der Waals surface area contributed by atoms with E-state index in [1.807, 2.05) is 14.1 Å². The second-order valence-corrected chi connectivity index (χ2v) is 1.77. The molecule has 0 amide bonds. The molecule has 0 heterocycles. The second-order valence-electron chi connectivity index (χ2n) is 1.77. The molecule has 0 unspecified atom stereocenters. The lowest BCUT2D eigenvalue weighted by Gasteiger charge is -2.09. The van der Waals surface area contributed by atoms with Gasteiger partial charge >= 0.3 is 0 Å². The number of halogens is 1. The van der Waals surface area contributed by atoms with Crippen LogP contribution >= 0.6 is 0 Å². The van der Waals surface area contributed by atoms with Crippen LogP contribution < -0.4 is 0 Å². The minimum Gasteiger partial charge on any atom is -0.393 e.